The molecule has 16 heavy (non-hydrogen) atoms. The van der Waals surface area contributed by atoms with Gasteiger partial charge in [-0.25, -0.2) is 5.01 Å². The van der Waals surface area contributed by atoms with Crippen LogP contribution in [-0.4, -0.2) is 59.6 Å². The van der Waals surface area contributed by atoms with Crippen LogP contribution in [0, 0.1) is 0 Å². The second-order valence-electron chi connectivity index (χ2n) is 5.23. The predicted octanol–water partition coefficient (Wildman–Crippen LogP) is 1.01. The third-order valence-corrected chi connectivity index (χ3v) is 3.98. The average Bonchev–Trinajstić information content (AvgIpc) is 2.20. The molecular weight excluding hydrogens is 220 g/mol. The summed E-state index contributed by atoms with van der Waals surface area (Å²) in [5.74, 6) is 1.17. The Balaban J connectivity index is 1.87. The summed E-state index contributed by atoms with van der Waals surface area (Å²) in [5.41, 5.74) is 3.56. The van der Waals surface area contributed by atoms with Crippen LogP contribution in [0.5, 0.6) is 0 Å². The third kappa shape index (κ3) is 3.37. The van der Waals surface area contributed by atoms with Gasteiger partial charge >= 0.3 is 0 Å². The lowest BCUT2D eigenvalue weighted by molar-refractivity contribution is 0.131. The first-order valence-electron chi connectivity index (χ1n) is 5.98. The highest BCUT2D eigenvalue weighted by Gasteiger charge is 2.24. The van der Waals surface area contributed by atoms with Gasteiger partial charge in [-0.3, -0.25) is 10.4 Å². The van der Waals surface area contributed by atoms with Crippen molar-refractivity contribution in [2.24, 2.45) is 4.99 Å². The fourth-order valence-corrected chi connectivity index (χ4v) is 3.17. The Morgan fingerprint density at radius 2 is 1.94 bits per heavy atom. The second-order valence-corrected chi connectivity index (χ2v) is 6.31. The maximum atomic E-state index is 4.74. The maximum Gasteiger partial charge on any atom is 0.171 e. The van der Waals surface area contributed by atoms with Crippen molar-refractivity contribution >= 4 is 16.9 Å². The van der Waals surface area contributed by atoms with E-state index in [0.29, 0.717) is 0 Å². The van der Waals surface area contributed by atoms with Crippen molar-refractivity contribution in [2.45, 2.75) is 25.8 Å². The lowest BCUT2D eigenvalue weighted by atomic mass is 10.0. The number of hydrogen-bond donors (Lipinski definition) is 1. The maximum absolute atomic E-state index is 4.74. The third-order valence-electron chi connectivity index (χ3n) is 3.11. The number of aliphatic imine (C=N–C) groups is 1. The molecule has 0 atom stereocenters. The monoisotopic (exact) mass is 242 g/mol. The molecule has 0 bridgehead atoms. The molecule has 2 aliphatic rings. The molecule has 2 aliphatic heterocycles. The van der Waals surface area contributed by atoms with Gasteiger partial charge in [0.15, 0.2) is 5.17 Å². The van der Waals surface area contributed by atoms with E-state index in [9.17, 15) is 0 Å². The van der Waals surface area contributed by atoms with E-state index in [2.05, 4.69) is 36.2 Å². The van der Waals surface area contributed by atoms with Crippen LogP contribution in [0.2, 0.25) is 0 Å². The Labute approximate surface area is 102 Å². The summed E-state index contributed by atoms with van der Waals surface area (Å²) < 4.78 is 0. The Morgan fingerprint density at radius 3 is 2.56 bits per heavy atom. The minimum atomic E-state index is 0.111. The van der Waals surface area contributed by atoms with E-state index < -0.39 is 0 Å². The average molecular weight is 242 g/mol. The van der Waals surface area contributed by atoms with Crippen LogP contribution in [0.3, 0.4) is 0 Å². The minimum absolute atomic E-state index is 0.111. The highest BCUT2D eigenvalue weighted by Crippen LogP contribution is 2.25. The summed E-state index contributed by atoms with van der Waals surface area (Å²) in [6, 6.07) is 0. The van der Waals surface area contributed by atoms with E-state index in [1.54, 1.807) is 0 Å². The molecule has 1 N–H and O–H groups in total. The van der Waals surface area contributed by atoms with Gasteiger partial charge in [-0.15, -0.1) is 0 Å². The van der Waals surface area contributed by atoms with Gasteiger partial charge in [0.1, 0.15) is 0 Å². The number of hydrazine groups is 1. The van der Waals surface area contributed by atoms with Gasteiger partial charge < -0.3 is 4.90 Å². The molecule has 1 saturated heterocycles. The molecule has 0 saturated carbocycles. The largest absolute Gasteiger partial charge is 0.304 e. The molecule has 0 amide bonds. The number of thioether (sulfide) groups is 1. The van der Waals surface area contributed by atoms with E-state index in [1.165, 1.54) is 12.2 Å². The number of likely N-dealkylation sites (N-methyl/N-ethyl adjacent to an activating group) is 1. The van der Waals surface area contributed by atoms with E-state index in [-0.39, 0.29) is 5.54 Å². The van der Waals surface area contributed by atoms with Crippen LogP contribution in [0.4, 0.5) is 0 Å². The highest BCUT2D eigenvalue weighted by atomic mass is 32.2. The van der Waals surface area contributed by atoms with Crippen LogP contribution < -0.4 is 5.43 Å². The summed E-state index contributed by atoms with van der Waals surface area (Å²) in [5, 5.41) is 3.38. The van der Waals surface area contributed by atoms with Crippen molar-refractivity contribution in [3.63, 3.8) is 0 Å². The normalized spacial score (nSPS) is 27.6. The molecule has 92 valence electrons. The van der Waals surface area contributed by atoms with Gasteiger partial charge in [0.2, 0.25) is 0 Å². The van der Waals surface area contributed by atoms with Crippen LogP contribution >= 0.6 is 11.8 Å². The molecule has 0 aliphatic carbocycles. The molecule has 0 aromatic rings. The fraction of sp³-hybridized carbons (Fsp3) is 0.909. The molecule has 2 rings (SSSR count). The number of rotatable bonds is 1. The van der Waals surface area contributed by atoms with Gasteiger partial charge in [-0.05, 0) is 27.3 Å². The van der Waals surface area contributed by atoms with Gasteiger partial charge in [-0.2, -0.15) is 0 Å². The van der Waals surface area contributed by atoms with Gasteiger partial charge in [0.25, 0.3) is 0 Å². The molecule has 1 fully saturated rings. The van der Waals surface area contributed by atoms with E-state index >= 15 is 0 Å². The summed E-state index contributed by atoms with van der Waals surface area (Å²) in [6.07, 6.45) is 1.17. The van der Waals surface area contributed by atoms with Crippen LogP contribution in [0.25, 0.3) is 0 Å². The SMILES string of the molecule is CN1CCN(NC2=NC(C)(C)CCS2)CC1. The summed E-state index contributed by atoms with van der Waals surface area (Å²) >= 11 is 1.84. The Bertz CT molecular complexity index is 269. The fourth-order valence-electron chi connectivity index (χ4n) is 1.87. The van der Waals surface area contributed by atoms with Crippen molar-refractivity contribution in [3.05, 3.63) is 0 Å². The Hall–Kier alpha value is -0.260. The van der Waals surface area contributed by atoms with E-state index in [1.807, 2.05) is 11.8 Å². The predicted molar refractivity (Wildman–Crippen MR) is 70.8 cm³/mol. The van der Waals surface area contributed by atoms with Crippen molar-refractivity contribution in [3.8, 4) is 0 Å². The van der Waals surface area contributed by atoms with Gasteiger partial charge in [0.05, 0.1) is 5.54 Å². The van der Waals surface area contributed by atoms with Gasteiger partial charge in [-0.1, -0.05) is 11.8 Å². The van der Waals surface area contributed by atoms with Crippen LogP contribution in [0.15, 0.2) is 4.99 Å². The topological polar surface area (TPSA) is 30.9 Å². The van der Waals surface area contributed by atoms with Crippen molar-refractivity contribution in [1.29, 1.82) is 0 Å². The second kappa shape index (κ2) is 4.94. The molecular formula is C11H22N4S. The van der Waals surface area contributed by atoms with Crippen molar-refractivity contribution in [1.82, 2.24) is 15.3 Å². The first-order valence-corrected chi connectivity index (χ1v) is 6.96. The molecule has 2 heterocycles. The standard InChI is InChI=1S/C11H22N4S/c1-11(2)4-9-16-10(12-11)13-15-7-5-14(3)6-8-15/h4-9H2,1-3H3,(H,12,13). The van der Waals surface area contributed by atoms with Crippen molar-refractivity contribution in [2.75, 3.05) is 39.0 Å². The smallest absolute Gasteiger partial charge is 0.171 e. The minimum Gasteiger partial charge on any atom is -0.304 e. The molecule has 0 spiro atoms. The molecule has 0 unspecified atom stereocenters. The molecule has 0 radical (unpaired) electrons. The zero-order chi connectivity index (χ0) is 11.6. The van der Waals surface area contributed by atoms with E-state index in [0.717, 1.165) is 31.3 Å². The number of piperazine rings is 1. The highest BCUT2D eigenvalue weighted by molar-refractivity contribution is 8.13. The summed E-state index contributed by atoms with van der Waals surface area (Å²) in [7, 11) is 2.17. The molecule has 4 nitrogen and oxygen atoms in total. The number of nitrogens with one attached hydrogen (secondary N) is 1. The van der Waals surface area contributed by atoms with E-state index in [4.69, 9.17) is 4.99 Å². The zero-order valence-electron chi connectivity index (χ0n) is 10.5. The number of hydrogen-bond acceptors (Lipinski definition) is 5. The molecule has 5 heteroatoms. The number of amidine groups is 1. The van der Waals surface area contributed by atoms with Gasteiger partial charge in [0, 0.05) is 31.9 Å². The number of nitrogens with zero attached hydrogens (tertiary/aromatic N) is 3. The molecule has 0 aromatic heterocycles. The van der Waals surface area contributed by atoms with Crippen molar-refractivity contribution < 1.29 is 0 Å². The Kier molecular flexibility index (Phi) is 3.77. The van der Waals surface area contributed by atoms with Crippen LogP contribution in [-0.2, 0) is 0 Å². The first kappa shape index (κ1) is 12.2. The quantitative estimate of drug-likeness (QED) is 0.743. The zero-order valence-corrected chi connectivity index (χ0v) is 11.3. The summed E-state index contributed by atoms with van der Waals surface area (Å²) in [6.45, 7) is 8.84. The lowest BCUT2D eigenvalue weighted by Gasteiger charge is -2.35. The first-order chi connectivity index (χ1) is 7.55. The Morgan fingerprint density at radius 1 is 1.25 bits per heavy atom. The van der Waals surface area contributed by atoms with Crippen LogP contribution in [0.1, 0.15) is 20.3 Å². The molecule has 0 aromatic carbocycles. The summed E-state index contributed by atoms with van der Waals surface area (Å²) in [4.78, 5) is 7.10. The lowest BCUT2D eigenvalue weighted by Crippen LogP contribution is -2.52.